The Hall–Kier alpha value is -3.22. The number of aromatic nitrogens is 2. The second-order valence-electron chi connectivity index (χ2n) is 6.16. The van der Waals surface area contributed by atoms with Crippen molar-refractivity contribution in [3.05, 3.63) is 105 Å². The van der Waals surface area contributed by atoms with Crippen LogP contribution in [0.4, 0.5) is 4.39 Å². The number of allylic oxidation sites excluding steroid dienone is 1. The van der Waals surface area contributed by atoms with E-state index in [4.69, 9.17) is 11.6 Å². The molecule has 0 saturated carbocycles. The van der Waals surface area contributed by atoms with Crippen LogP contribution in [-0.2, 0) is 0 Å². The first-order chi connectivity index (χ1) is 14.0. The van der Waals surface area contributed by atoms with Crippen LogP contribution in [-0.4, -0.2) is 15.0 Å². The van der Waals surface area contributed by atoms with E-state index in [1.807, 2.05) is 18.2 Å². The number of halogens is 2. The van der Waals surface area contributed by atoms with Gasteiger partial charge in [-0.3, -0.25) is 9.36 Å². The molecular formula is C22H14ClFN2O2S. The molecule has 29 heavy (non-hydrogen) atoms. The summed E-state index contributed by atoms with van der Waals surface area (Å²) in [6.45, 7) is 0. The first-order valence-electron chi connectivity index (χ1n) is 8.66. The van der Waals surface area contributed by atoms with Crippen LogP contribution in [0.15, 0.2) is 83.8 Å². The van der Waals surface area contributed by atoms with Crippen molar-refractivity contribution >= 4 is 34.9 Å². The fourth-order valence-electron chi connectivity index (χ4n) is 2.87. The Labute approximate surface area is 174 Å². The van der Waals surface area contributed by atoms with E-state index in [0.29, 0.717) is 26.2 Å². The van der Waals surface area contributed by atoms with Gasteiger partial charge >= 0.3 is 5.69 Å². The monoisotopic (exact) mass is 424 g/mol. The molecule has 0 atom stereocenters. The van der Waals surface area contributed by atoms with Crippen molar-refractivity contribution in [1.82, 2.24) is 9.13 Å². The lowest BCUT2D eigenvalue weighted by molar-refractivity contribution is 0.0967. The van der Waals surface area contributed by atoms with Crippen molar-refractivity contribution in [2.45, 2.75) is 0 Å². The largest absolute Gasteiger partial charge is 0.340 e. The van der Waals surface area contributed by atoms with E-state index < -0.39 is 11.6 Å². The maximum Gasteiger partial charge on any atom is 0.340 e. The second-order valence-corrected chi connectivity index (χ2v) is 7.88. The first kappa shape index (κ1) is 19.1. The van der Waals surface area contributed by atoms with E-state index >= 15 is 0 Å². The summed E-state index contributed by atoms with van der Waals surface area (Å²) in [5.74, 6) is -0.866. The Bertz CT molecular complexity index is 1250. The minimum absolute atomic E-state index is 0.360. The van der Waals surface area contributed by atoms with Gasteiger partial charge in [0.1, 0.15) is 5.82 Å². The molecular weight excluding hydrogens is 411 g/mol. The average molecular weight is 425 g/mol. The Kier molecular flexibility index (Phi) is 5.29. The minimum atomic E-state index is -0.506. The van der Waals surface area contributed by atoms with Crippen molar-refractivity contribution in [3.8, 4) is 16.3 Å². The predicted molar refractivity (Wildman–Crippen MR) is 114 cm³/mol. The Morgan fingerprint density at radius 1 is 1.00 bits per heavy atom. The van der Waals surface area contributed by atoms with Crippen molar-refractivity contribution in [1.29, 1.82) is 0 Å². The molecule has 2 aromatic carbocycles. The molecule has 0 unspecified atom stereocenters. The van der Waals surface area contributed by atoms with Crippen LogP contribution in [0.1, 0.15) is 10.4 Å². The molecule has 0 amide bonds. The van der Waals surface area contributed by atoms with E-state index in [0.717, 1.165) is 4.57 Å². The van der Waals surface area contributed by atoms with Crippen LogP contribution < -0.4 is 5.69 Å². The minimum Gasteiger partial charge on any atom is -0.269 e. The fraction of sp³-hybridized carbons (Fsp3) is 0. The summed E-state index contributed by atoms with van der Waals surface area (Å²) in [5, 5.41) is 0. The van der Waals surface area contributed by atoms with Gasteiger partial charge in [-0.15, -0.1) is 11.3 Å². The summed E-state index contributed by atoms with van der Waals surface area (Å²) in [5.41, 5.74) is 1.26. The standard InChI is InChI=1S/C22H14ClFN2O2S/c23-20-12-11-19(29-20)18-14-25(17-4-2-1-3-5-17)22(28)26(18)21(27)13-8-15-6-9-16(24)10-7-15/h1-14H. The maximum atomic E-state index is 13.1. The SMILES string of the molecule is O=C(C=Cc1ccc(F)cc1)n1c(-c2ccc(Cl)s2)cn(-c2ccccc2)c1=O. The topological polar surface area (TPSA) is 44.0 Å². The van der Waals surface area contributed by atoms with E-state index in [2.05, 4.69) is 0 Å². The van der Waals surface area contributed by atoms with Crippen molar-refractivity contribution < 1.29 is 9.18 Å². The summed E-state index contributed by atoms with van der Waals surface area (Å²) in [6, 6.07) is 18.3. The van der Waals surface area contributed by atoms with Gasteiger partial charge in [0.25, 0.3) is 5.91 Å². The number of benzene rings is 2. The van der Waals surface area contributed by atoms with E-state index in [9.17, 15) is 14.0 Å². The quantitative estimate of drug-likeness (QED) is 0.405. The fourth-order valence-corrected chi connectivity index (χ4v) is 3.92. The highest BCUT2D eigenvalue weighted by Gasteiger charge is 2.19. The lowest BCUT2D eigenvalue weighted by atomic mass is 10.2. The highest BCUT2D eigenvalue weighted by atomic mass is 35.5. The molecule has 0 aliphatic heterocycles. The highest BCUT2D eigenvalue weighted by molar-refractivity contribution is 7.19. The molecule has 0 N–H and O–H groups in total. The van der Waals surface area contributed by atoms with Gasteiger partial charge in [0.05, 0.1) is 20.6 Å². The Balaban J connectivity index is 1.80. The van der Waals surface area contributed by atoms with Crippen LogP contribution in [0, 0.1) is 5.82 Å². The molecule has 0 radical (unpaired) electrons. The average Bonchev–Trinajstić information content (AvgIpc) is 3.31. The molecule has 0 aliphatic carbocycles. The maximum absolute atomic E-state index is 13.1. The highest BCUT2D eigenvalue weighted by Crippen LogP contribution is 2.31. The van der Waals surface area contributed by atoms with E-state index in [1.54, 1.807) is 48.7 Å². The molecule has 0 spiro atoms. The van der Waals surface area contributed by atoms with Crippen LogP contribution >= 0.6 is 22.9 Å². The Morgan fingerprint density at radius 3 is 2.38 bits per heavy atom. The zero-order valence-corrected chi connectivity index (χ0v) is 16.5. The lowest BCUT2D eigenvalue weighted by Gasteiger charge is -2.01. The van der Waals surface area contributed by atoms with Gasteiger partial charge in [-0.2, -0.15) is 0 Å². The third kappa shape index (κ3) is 3.99. The molecule has 0 bridgehead atoms. The van der Waals surface area contributed by atoms with Gasteiger partial charge in [0.15, 0.2) is 0 Å². The smallest absolute Gasteiger partial charge is 0.269 e. The van der Waals surface area contributed by atoms with Crippen molar-refractivity contribution in [2.24, 2.45) is 0 Å². The summed E-state index contributed by atoms with van der Waals surface area (Å²) in [4.78, 5) is 26.7. The summed E-state index contributed by atoms with van der Waals surface area (Å²) < 4.78 is 16.1. The molecule has 4 rings (SSSR count). The van der Waals surface area contributed by atoms with Gasteiger partial charge in [-0.05, 0) is 48.0 Å². The molecule has 0 saturated heterocycles. The predicted octanol–water partition coefficient (Wildman–Crippen LogP) is 5.51. The van der Waals surface area contributed by atoms with Crippen LogP contribution in [0.2, 0.25) is 4.34 Å². The Morgan fingerprint density at radius 2 is 1.72 bits per heavy atom. The molecule has 2 heterocycles. The van der Waals surface area contributed by atoms with Crippen LogP contribution in [0.3, 0.4) is 0 Å². The van der Waals surface area contributed by atoms with Gasteiger partial charge in [0, 0.05) is 12.3 Å². The van der Waals surface area contributed by atoms with Crippen LogP contribution in [0.25, 0.3) is 22.3 Å². The number of carbonyl (C=O) groups excluding carboxylic acids is 1. The molecule has 2 aromatic heterocycles. The summed E-state index contributed by atoms with van der Waals surface area (Å²) >= 11 is 7.33. The normalized spacial score (nSPS) is 11.2. The van der Waals surface area contributed by atoms with Gasteiger partial charge in [0.2, 0.25) is 0 Å². The van der Waals surface area contributed by atoms with Gasteiger partial charge < -0.3 is 0 Å². The van der Waals surface area contributed by atoms with Gasteiger partial charge in [-0.25, -0.2) is 13.8 Å². The van der Waals surface area contributed by atoms with E-state index in [-0.39, 0.29) is 5.82 Å². The molecule has 4 nitrogen and oxygen atoms in total. The number of rotatable bonds is 4. The molecule has 7 heteroatoms. The third-order valence-electron chi connectivity index (χ3n) is 4.26. The zero-order chi connectivity index (χ0) is 20.4. The molecule has 144 valence electrons. The number of hydrogen-bond donors (Lipinski definition) is 0. The molecule has 0 fully saturated rings. The molecule has 4 aromatic rings. The number of nitrogens with zero attached hydrogens (tertiary/aromatic N) is 2. The number of carbonyl (C=O) groups is 1. The zero-order valence-electron chi connectivity index (χ0n) is 15.0. The summed E-state index contributed by atoms with van der Waals surface area (Å²) in [6.07, 6.45) is 4.46. The number of thiophene rings is 1. The second kappa shape index (κ2) is 8.03. The van der Waals surface area contributed by atoms with Gasteiger partial charge in [-0.1, -0.05) is 41.9 Å². The number of para-hydroxylation sites is 1. The molecule has 0 aliphatic rings. The lowest BCUT2D eigenvalue weighted by Crippen LogP contribution is -2.27. The van der Waals surface area contributed by atoms with E-state index in [1.165, 1.54) is 34.1 Å². The summed E-state index contributed by atoms with van der Waals surface area (Å²) in [7, 11) is 0. The number of hydrogen-bond acceptors (Lipinski definition) is 3. The third-order valence-corrected chi connectivity index (χ3v) is 5.51. The van der Waals surface area contributed by atoms with Crippen molar-refractivity contribution in [3.63, 3.8) is 0 Å². The first-order valence-corrected chi connectivity index (χ1v) is 9.86. The van der Waals surface area contributed by atoms with Crippen molar-refractivity contribution in [2.75, 3.05) is 0 Å². The van der Waals surface area contributed by atoms with Crippen LogP contribution in [0.5, 0.6) is 0 Å². The number of imidazole rings is 1.